The molecule has 0 radical (unpaired) electrons. The van der Waals surface area contributed by atoms with Gasteiger partial charge in [0.1, 0.15) is 11.8 Å². The summed E-state index contributed by atoms with van der Waals surface area (Å²) in [5, 5.41) is 12.3. The minimum absolute atomic E-state index is 0.595. The van der Waals surface area contributed by atoms with Crippen molar-refractivity contribution < 1.29 is 19.4 Å². The van der Waals surface area contributed by atoms with E-state index in [1.54, 1.807) is 24.3 Å². The molecule has 2 N–H and O–H groups in total. The lowest BCUT2D eigenvalue weighted by Crippen LogP contribution is -2.29. The predicted molar refractivity (Wildman–Crippen MR) is 77.1 cm³/mol. The largest absolute Gasteiger partial charge is 0.494 e. The molecule has 1 aromatic rings. The van der Waals surface area contributed by atoms with Crippen molar-refractivity contribution in [3.8, 4) is 5.75 Å². The highest BCUT2D eigenvalue weighted by Crippen LogP contribution is 2.18. The van der Waals surface area contributed by atoms with E-state index in [0.29, 0.717) is 26.4 Å². The number of hydrogen-bond acceptors (Lipinski definition) is 4. The highest BCUT2D eigenvalue weighted by molar-refractivity contribution is 5.75. The molecular weight excluding hydrogens is 258 g/mol. The summed E-state index contributed by atoms with van der Waals surface area (Å²) in [5.41, 5.74) is 0.720. The summed E-state index contributed by atoms with van der Waals surface area (Å²) in [5.74, 6) is -0.137. The average Bonchev–Trinajstić information content (AvgIpc) is 2.44. The minimum Gasteiger partial charge on any atom is -0.494 e. The molecule has 1 rings (SSSR count). The number of ether oxygens (including phenoxy) is 2. The molecule has 0 saturated heterocycles. The summed E-state index contributed by atoms with van der Waals surface area (Å²) < 4.78 is 10.6. The van der Waals surface area contributed by atoms with E-state index in [1.165, 1.54) is 0 Å². The maximum absolute atomic E-state index is 11.3. The number of rotatable bonds is 10. The molecule has 0 bridgehead atoms. The van der Waals surface area contributed by atoms with Crippen LogP contribution in [0.15, 0.2) is 24.3 Å². The van der Waals surface area contributed by atoms with E-state index in [-0.39, 0.29) is 0 Å². The molecule has 1 aromatic carbocycles. The SMILES string of the molecule is CCOCCCNC(C(=O)O)c1ccc(OCC)cc1. The van der Waals surface area contributed by atoms with Crippen molar-refractivity contribution in [1.29, 1.82) is 0 Å². The highest BCUT2D eigenvalue weighted by atomic mass is 16.5. The van der Waals surface area contributed by atoms with Crippen molar-refractivity contribution in [3.63, 3.8) is 0 Å². The number of hydrogen-bond donors (Lipinski definition) is 2. The van der Waals surface area contributed by atoms with Crippen LogP contribution in [0.3, 0.4) is 0 Å². The van der Waals surface area contributed by atoms with Crippen LogP contribution in [0.1, 0.15) is 31.9 Å². The Labute approximate surface area is 119 Å². The topological polar surface area (TPSA) is 67.8 Å². The summed E-state index contributed by atoms with van der Waals surface area (Å²) in [7, 11) is 0. The molecule has 20 heavy (non-hydrogen) atoms. The van der Waals surface area contributed by atoms with Crippen LogP contribution < -0.4 is 10.1 Å². The molecule has 5 heteroatoms. The number of carboxylic acids is 1. The Morgan fingerprint density at radius 1 is 1.25 bits per heavy atom. The van der Waals surface area contributed by atoms with Crippen molar-refractivity contribution in [2.24, 2.45) is 0 Å². The van der Waals surface area contributed by atoms with Crippen molar-refractivity contribution in [2.75, 3.05) is 26.4 Å². The molecule has 0 aromatic heterocycles. The number of carboxylic acid groups (broad SMARTS) is 1. The standard InChI is InChI=1S/C15H23NO4/c1-3-19-11-5-10-16-14(15(17)18)12-6-8-13(9-7-12)20-4-2/h6-9,14,16H,3-5,10-11H2,1-2H3,(H,17,18). The molecular formula is C15H23NO4. The van der Waals surface area contributed by atoms with E-state index in [4.69, 9.17) is 9.47 Å². The van der Waals surface area contributed by atoms with Gasteiger partial charge in [-0.3, -0.25) is 4.79 Å². The normalized spacial score (nSPS) is 12.1. The monoisotopic (exact) mass is 281 g/mol. The van der Waals surface area contributed by atoms with Crippen LogP contribution in [-0.4, -0.2) is 37.4 Å². The van der Waals surface area contributed by atoms with Gasteiger partial charge in [-0.15, -0.1) is 0 Å². The van der Waals surface area contributed by atoms with Crippen LogP contribution in [0, 0.1) is 0 Å². The maximum Gasteiger partial charge on any atom is 0.325 e. The lowest BCUT2D eigenvalue weighted by Gasteiger charge is -2.15. The second-order valence-corrected chi connectivity index (χ2v) is 4.28. The van der Waals surface area contributed by atoms with Crippen LogP contribution in [0.4, 0.5) is 0 Å². The van der Waals surface area contributed by atoms with Crippen LogP contribution in [-0.2, 0) is 9.53 Å². The van der Waals surface area contributed by atoms with Crippen LogP contribution in [0.25, 0.3) is 0 Å². The average molecular weight is 281 g/mol. The fourth-order valence-corrected chi connectivity index (χ4v) is 1.84. The van der Waals surface area contributed by atoms with Crippen LogP contribution in [0.5, 0.6) is 5.75 Å². The van der Waals surface area contributed by atoms with E-state index in [0.717, 1.165) is 17.7 Å². The Kier molecular flexibility index (Phi) is 7.69. The first kappa shape index (κ1) is 16.5. The zero-order chi connectivity index (χ0) is 14.8. The highest BCUT2D eigenvalue weighted by Gasteiger charge is 2.18. The van der Waals surface area contributed by atoms with Gasteiger partial charge in [0.25, 0.3) is 0 Å². The van der Waals surface area contributed by atoms with E-state index in [1.807, 2.05) is 13.8 Å². The second kappa shape index (κ2) is 9.34. The van der Waals surface area contributed by atoms with Crippen molar-refractivity contribution in [2.45, 2.75) is 26.3 Å². The predicted octanol–water partition coefficient (Wildman–Crippen LogP) is 2.23. The smallest absolute Gasteiger partial charge is 0.325 e. The van der Waals surface area contributed by atoms with Crippen molar-refractivity contribution in [3.05, 3.63) is 29.8 Å². The Morgan fingerprint density at radius 3 is 2.50 bits per heavy atom. The summed E-state index contributed by atoms with van der Waals surface area (Å²) in [6.07, 6.45) is 0.786. The molecule has 112 valence electrons. The van der Waals surface area contributed by atoms with Gasteiger partial charge >= 0.3 is 5.97 Å². The molecule has 0 aliphatic rings. The van der Waals surface area contributed by atoms with Gasteiger partial charge in [-0.25, -0.2) is 0 Å². The fourth-order valence-electron chi connectivity index (χ4n) is 1.84. The molecule has 1 unspecified atom stereocenters. The molecule has 1 atom stereocenters. The molecule has 0 aliphatic heterocycles. The van der Waals surface area contributed by atoms with Crippen LogP contribution >= 0.6 is 0 Å². The molecule has 5 nitrogen and oxygen atoms in total. The molecule has 0 aliphatic carbocycles. The lowest BCUT2D eigenvalue weighted by molar-refractivity contribution is -0.139. The number of aliphatic carboxylic acids is 1. The van der Waals surface area contributed by atoms with Crippen molar-refractivity contribution >= 4 is 5.97 Å². The van der Waals surface area contributed by atoms with E-state index >= 15 is 0 Å². The Balaban J connectivity index is 2.54. The fraction of sp³-hybridized carbons (Fsp3) is 0.533. The Bertz CT molecular complexity index is 391. The maximum atomic E-state index is 11.3. The van der Waals surface area contributed by atoms with Gasteiger partial charge in [-0.05, 0) is 44.5 Å². The number of carbonyl (C=O) groups is 1. The third-order valence-corrected chi connectivity index (χ3v) is 2.79. The molecule has 0 spiro atoms. The zero-order valence-electron chi connectivity index (χ0n) is 12.1. The van der Waals surface area contributed by atoms with Crippen LogP contribution in [0.2, 0.25) is 0 Å². The van der Waals surface area contributed by atoms with E-state index in [2.05, 4.69) is 5.32 Å². The zero-order valence-corrected chi connectivity index (χ0v) is 12.1. The number of nitrogens with one attached hydrogen (secondary N) is 1. The van der Waals surface area contributed by atoms with Gasteiger partial charge in [0, 0.05) is 13.2 Å². The summed E-state index contributed by atoms with van der Waals surface area (Å²) in [6, 6.07) is 6.43. The van der Waals surface area contributed by atoms with Gasteiger partial charge in [-0.1, -0.05) is 12.1 Å². The lowest BCUT2D eigenvalue weighted by atomic mass is 10.1. The minimum atomic E-state index is -0.884. The summed E-state index contributed by atoms with van der Waals surface area (Å²) in [4.78, 5) is 11.3. The van der Waals surface area contributed by atoms with Gasteiger partial charge in [-0.2, -0.15) is 0 Å². The molecule has 0 heterocycles. The Morgan fingerprint density at radius 2 is 1.95 bits per heavy atom. The summed E-state index contributed by atoms with van der Waals surface area (Å²) >= 11 is 0. The van der Waals surface area contributed by atoms with Crippen molar-refractivity contribution in [1.82, 2.24) is 5.32 Å². The first-order valence-corrected chi connectivity index (χ1v) is 6.95. The third kappa shape index (κ3) is 5.59. The first-order chi connectivity index (χ1) is 9.69. The molecule has 0 fully saturated rings. The van der Waals surface area contributed by atoms with Gasteiger partial charge in [0.05, 0.1) is 6.61 Å². The molecule has 0 saturated carbocycles. The third-order valence-electron chi connectivity index (χ3n) is 2.79. The number of benzene rings is 1. The summed E-state index contributed by atoms with van der Waals surface area (Å²) in [6.45, 7) is 6.36. The molecule has 0 amide bonds. The first-order valence-electron chi connectivity index (χ1n) is 6.95. The van der Waals surface area contributed by atoms with Gasteiger partial charge < -0.3 is 19.9 Å². The van der Waals surface area contributed by atoms with Gasteiger partial charge in [0.2, 0.25) is 0 Å². The Hall–Kier alpha value is -1.59. The van der Waals surface area contributed by atoms with Gasteiger partial charge in [0.15, 0.2) is 0 Å². The van der Waals surface area contributed by atoms with E-state index < -0.39 is 12.0 Å². The van der Waals surface area contributed by atoms with E-state index in [9.17, 15) is 9.90 Å². The second-order valence-electron chi connectivity index (χ2n) is 4.28. The quantitative estimate of drug-likeness (QED) is 0.644.